The van der Waals surface area contributed by atoms with Gasteiger partial charge in [-0.25, -0.2) is 9.18 Å². The Morgan fingerprint density at radius 2 is 1.90 bits per heavy atom. The van der Waals surface area contributed by atoms with Gasteiger partial charge in [0.25, 0.3) is 5.56 Å². The Morgan fingerprint density at radius 1 is 1.10 bits per heavy atom. The monoisotopic (exact) mass is 441 g/mol. The van der Waals surface area contributed by atoms with Crippen molar-refractivity contribution in [2.45, 2.75) is 45.2 Å². The lowest BCUT2D eigenvalue weighted by Crippen LogP contribution is -2.42. The van der Waals surface area contributed by atoms with Gasteiger partial charge in [-0.05, 0) is 61.2 Å². The molecule has 0 atom stereocenters. The van der Waals surface area contributed by atoms with Crippen LogP contribution in [0.5, 0.6) is 0 Å². The molecule has 1 aliphatic rings. The Balaban J connectivity index is 1.55. The number of carbonyl (C=O) groups excluding carboxylic acids is 1. The zero-order chi connectivity index (χ0) is 21.8. The topological polar surface area (TPSA) is 73.1 Å². The van der Waals surface area contributed by atoms with E-state index in [-0.39, 0.29) is 24.8 Å². The van der Waals surface area contributed by atoms with E-state index < -0.39 is 11.2 Å². The molecule has 0 bridgehead atoms. The number of rotatable bonds is 7. The minimum absolute atomic E-state index is 0.0154. The van der Waals surface area contributed by atoms with E-state index in [1.807, 2.05) is 0 Å². The molecule has 0 radical (unpaired) electrons. The fourth-order valence-corrected chi connectivity index (χ4v) is 4.73. The molecule has 3 aromatic rings. The van der Waals surface area contributed by atoms with Crippen LogP contribution in [0.4, 0.5) is 4.39 Å². The summed E-state index contributed by atoms with van der Waals surface area (Å²) < 4.78 is 16.1. The van der Waals surface area contributed by atoms with Crippen molar-refractivity contribution in [1.82, 2.24) is 14.5 Å². The van der Waals surface area contributed by atoms with Crippen LogP contribution in [0.15, 0.2) is 57.0 Å². The van der Waals surface area contributed by atoms with Crippen LogP contribution in [0.3, 0.4) is 0 Å². The minimum Gasteiger partial charge on any atom is -0.354 e. The van der Waals surface area contributed by atoms with Crippen molar-refractivity contribution in [2.24, 2.45) is 0 Å². The van der Waals surface area contributed by atoms with Crippen molar-refractivity contribution < 1.29 is 9.18 Å². The van der Waals surface area contributed by atoms with E-state index in [0.29, 0.717) is 22.3 Å². The number of hydrogen-bond donors (Lipinski definition) is 1. The maximum Gasteiger partial charge on any atom is 0.332 e. The number of hydrogen-bond acceptors (Lipinski definition) is 4. The van der Waals surface area contributed by atoms with Gasteiger partial charge in [-0.1, -0.05) is 23.8 Å². The molecular formula is C23H24FN3O3S. The molecule has 1 N–H and O–H groups in total. The van der Waals surface area contributed by atoms with Crippen LogP contribution in [-0.4, -0.2) is 21.6 Å². The fourth-order valence-electron chi connectivity index (χ4n) is 3.89. The normalized spacial score (nSPS) is 13.9. The second kappa shape index (κ2) is 9.43. The number of aromatic nitrogens is 2. The second-order valence-corrected chi connectivity index (χ2v) is 8.65. The highest BCUT2D eigenvalue weighted by Gasteiger charge is 2.17. The minimum atomic E-state index is -0.551. The van der Waals surface area contributed by atoms with Crippen LogP contribution in [-0.2, 0) is 17.9 Å². The highest BCUT2D eigenvalue weighted by atomic mass is 32.1. The number of fused-ring (bicyclic) bond motifs is 1. The Kier molecular flexibility index (Phi) is 6.46. The van der Waals surface area contributed by atoms with Crippen LogP contribution in [0.25, 0.3) is 10.2 Å². The average molecular weight is 442 g/mol. The first-order chi connectivity index (χ1) is 15.0. The maximum atomic E-state index is 13.2. The average Bonchev–Trinajstić information content (AvgIpc) is 3.26. The molecule has 4 rings (SSSR count). The Hall–Kier alpha value is -3.00. The third-order valence-corrected chi connectivity index (χ3v) is 6.44. The van der Waals surface area contributed by atoms with Crippen molar-refractivity contribution in [2.75, 3.05) is 6.54 Å². The molecule has 0 spiro atoms. The summed E-state index contributed by atoms with van der Waals surface area (Å²) in [6, 6.07) is 7.34. The van der Waals surface area contributed by atoms with Crippen LogP contribution >= 0.6 is 11.3 Å². The highest BCUT2D eigenvalue weighted by Crippen LogP contribution is 2.19. The Labute approximate surface area is 182 Å². The summed E-state index contributed by atoms with van der Waals surface area (Å²) in [6.07, 6.45) is 7.67. The molecule has 2 heterocycles. The molecule has 0 unspecified atom stereocenters. The SMILES string of the molecule is O=C(Cn1c(=O)n(Cc2ccc(F)cc2)c(=O)c2sccc21)NCCC1=CCCCC1. The van der Waals surface area contributed by atoms with Gasteiger partial charge in [0, 0.05) is 6.54 Å². The van der Waals surface area contributed by atoms with Gasteiger partial charge >= 0.3 is 5.69 Å². The van der Waals surface area contributed by atoms with Gasteiger partial charge in [0.1, 0.15) is 17.1 Å². The molecule has 1 aromatic carbocycles. The molecule has 31 heavy (non-hydrogen) atoms. The number of amides is 1. The maximum absolute atomic E-state index is 13.2. The van der Waals surface area contributed by atoms with Crippen LogP contribution in [0.1, 0.15) is 37.7 Å². The standard InChI is InChI=1S/C23H24FN3O3S/c24-18-8-6-17(7-9-18)14-27-22(29)21-19(11-13-31-21)26(23(27)30)15-20(28)25-12-10-16-4-2-1-3-5-16/h4,6-9,11,13H,1-3,5,10,12,14-15H2,(H,25,28). The van der Waals surface area contributed by atoms with E-state index in [4.69, 9.17) is 0 Å². The number of allylic oxidation sites excluding steroid dienone is 1. The first kappa shape index (κ1) is 21.2. The summed E-state index contributed by atoms with van der Waals surface area (Å²) in [5.74, 6) is -0.652. The summed E-state index contributed by atoms with van der Waals surface area (Å²) in [7, 11) is 0. The molecule has 2 aromatic heterocycles. The molecule has 0 fully saturated rings. The molecule has 6 nitrogen and oxygen atoms in total. The third kappa shape index (κ3) is 4.85. The van der Waals surface area contributed by atoms with Crippen LogP contribution in [0, 0.1) is 5.82 Å². The van der Waals surface area contributed by atoms with E-state index in [0.717, 1.165) is 23.8 Å². The smallest absolute Gasteiger partial charge is 0.332 e. The summed E-state index contributed by atoms with van der Waals surface area (Å²) in [5, 5.41) is 4.62. The van der Waals surface area contributed by atoms with Gasteiger partial charge in [0.2, 0.25) is 5.91 Å². The number of nitrogens with zero attached hydrogens (tertiary/aromatic N) is 2. The number of nitrogens with one attached hydrogen (secondary N) is 1. The van der Waals surface area contributed by atoms with Crippen molar-refractivity contribution in [3.8, 4) is 0 Å². The molecule has 162 valence electrons. The van der Waals surface area contributed by atoms with E-state index in [1.54, 1.807) is 11.4 Å². The lowest BCUT2D eigenvalue weighted by Gasteiger charge is -2.14. The van der Waals surface area contributed by atoms with Crippen molar-refractivity contribution in [3.63, 3.8) is 0 Å². The fraction of sp³-hybridized carbons (Fsp3) is 0.348. The number of carbonyl (C=O) groups is 1. The van der Waals surface area contributed by atoms with Crippen molar-refractivity contribution in [3.05, 3.63) is 79.6 Å². The predicted octanol–water partition coefficient (Wildman–Crippen LogP) is 3.42. The summed E-state index contributed by atoms with van der Waals surface area (Å²) in [4.78, 5) is 38.5. The van der Waals surface area contributed by atoms with Gasteiger partial charge in [-0.2, -0.15) is 0 Å². The first-order valence-corrected chi connectivity index (χ1v) is 11.3. The van der Waals surface area contributed by atoms with Crippen LogP contribution in [0.2, 0.25) is 0 Å². The molecule has 8 heteroatoms. The third-order valence-electron chi connectivity index (χ3n) is 5.55. The molecule has 0 saturated carbocycles. The van der Waals surface area contributed by atoms with Crippen LogP contribution < -0.4 is 16.6 Å². The van der Waals surface area contributed by atoms with Gasteiger partial charge in [0.15, 0.2) is 0 Å². The Bertz CT molecular complexity index is 1240. The van der Waals surface area contributed by atoms with Gasteiger partial charge < -0.3 is 5.32 Å². The molecule has 1 aliphatic carbocycles. The van der Waals surface area contributed by atoms with E-state index in [2.05, 4.69) is 11.4 Å². The second-order valence-electron chi connectivity index (χ2n) is 7.73. The number of benzene rings is 1. The van der Waals surface area contributed by atoms with E-state index >= 15 is 0 Å². The zero-order valence-electron chi connectivity index (χ0n) is 17.1. The summed E-state index contributed by atoms with van der Waals surface area (Å²) >= 11 is 1.24. The van der Waals surface area contributed by atoms with Crippen molar-refractivity contribution in [1.29, 1.82) is 0 Å². The largest absolute Gasteiger partial charge is 0.354 e. The van der Waals surface area contributed by atoms with Gasteiger partial charge in [-0.15, -0.1) is 11.3 Å². The molecular weight excluding hydrogens is 417 g/mol. The molecule has 1 amide bonds. The Morgan fingerprint density at radius 3 is 2.65 bits per heavy atom. The van der Waals surface area contributed by atoms with E-state index in [9.17, 15) is 18.8 Å². The lowest BCUT2D eigenvalue weighted by molar-refractivity contribution is -0.121. The first-order valence-electron chi connectivity index (χ1n) is 10.4. The van der Waals surface area contributed by atoms with Gasteiger partial charge in [-0.3, -0.25) is 18.7 Å². The predicted molar refractivity (Wildman–Crippen MR) is 120 cm³/mol. The number of thiophene rings is 1. The van der Waals surface area contributed by atoms with Crippen molar-refractivity contribution >= 4 is 27.5 Å². The quantitative estimate of drug-likeness (QED) is 0.571. The molecule has 0 aliphatic heterocycles. The lowest BCUT2D eigenvalue weighted by atomic mass is 9.97. The van der Waals surface area contributed by atoms with E-state index in [1.165, 1.54) is 58.6 Å². The highest BCUT2D eigenvalue weighted by molar-refractivity contribution is 7.17. The summed E-state index contributed by atoms with van der Waals surface area (Å²) in [6.45, 7) is 0.387. The zero-order valence-corrected chi connectivity index (χ0v) is 17.9. The summed E-state index contributed by atoms with van der Waals surface area (Å²) in [5.41, 5.74) is 1.51. The van der Waals surface area contributed by atoms with Gasteiger partial charge in [0.05, 0.1) is 12.1 Å². The molecule has 0 saturated heterocycles. The number of halogens is 1.